The zero-order valence-corrected chi connectivity index (χ0v) is 11.7. The number of hydrogen-bond donors (Lipinski definition) is 2. The Morgan fingerprint density at radius 1 is 1.56 bits per heavy atom. The number of likely N-dealkylation sites (N-methyl/N-ethyl adjacent to an activating group) is 1. The summed E-state index contributed by atoms with van der Waals surface area (Å²) in [5.41, 5.74) is 0. The van der Waals surface area contributed by atoms with Gasteiger partial charge in [-0.25, -0.2) is 0 Å². The van der Waals surface area contributed by atoms with Gasteiger partial charge >= 0.3 is 0 Å². The number of thiophene rings is 1. The van der Waals surface area contributed by atoms with Gasteiger partial charge in [0, 0.05) is 12.6 Å². The molecule has 1 aromatic rings. The Hall–Kier alpha value is -1.35. The molecule has 0 aromatic carbocycles. The zero-order chi connectivity index (χ0) is 13.5. The number of aliphatic hydroxyl groups excluding tert-OH is 1. The third kappa shape index (κ3) is 4.88. The highest BCUT2D eigenvalue weighted by Crippen LogP contribution is 2.15. The third-order valence-electron chi connectivity index (χ3n) is 2.14. The Kier molecular flexibility index (Phi) is 5.86. The van der Waals surface area contributed by atoms with Gasteiger partial charge < -0.3 is 15.3 Å². The molecule has 2 N–H and O–H groups in total. The van der Waals surface area contributed by atoms with Gasteiger partial charge in [-0.3, -0.25) is 4.79 Å². The van der Waals surface area contributed by atoms with Crippen molar-refractivity contribution in [2.75, 3.05) is 27.2 Å². The highest BCUT2D eigenvalue weighted by molar-refractivity contribution is 7.14. The fraction of sp³-hybridized carbons (Fsp3) is 0.462. The first-order valence-corrected chi connectivity index (χ1v) is 6.49. The summed E-state index contributed by atoms with van der Waals surface area (Å²) in [4.78, 5) is 15.4. The Morgan fingerprint density at radius 2 is 2.28 bits per heavy atom. The van der Waals surface area contributed by atoms with Gasteiger partial charge in [-0.15, -0.1) is 11.3 Å². The second-order valence-corrected chi connectivity index (χ2v) is 5.34. The van der Waals surface area contributed by atoms with E-state index in [1.54, 1.807) is 12.1 Å². The maximum Gasteiger partial charge on any atom is 0.261 e. The summed E-state index contributed by atoms with van der Waals surface area (Å²) >= 11 is 1.33. The lowest BCUT2D eigenvalue weighted by Crippen LogP contribution is -2.39. The first-order valence-electron chi connectivity index (χ1n) is 5.68. The summed E-state index contributed by atoms with van der Waals surface area (Å²) in [5, 5.41) is 11.5. The van der Waals surface area contributed by atoms with E-state index in [0.29, 0.717) is 4.88 Å². The van der Waals surface area contributed by atoms with Gasteiger partial charge in [0.2, 0.25) is 0 Å². The predicted molar refractivity (Wildman–Crippen MR) is 73.8 cm³/mol. The predicted octanol–water partition coefficient (Wildman–Crippen LogP) is 0.772. The number of carbonyl (C=O) groups is 1. The van der Waals surface area contributed by atoms with Crippen molar-refractivity contribution in [3.8, 4) is 11.8 Å². The van der Waals surface area contributed by atoms with Crippen LogP contribution >= 0.6 is 11.3 Å². The van der Waals surface area contributed by atoms with Crippen LogP contribution in [0, 0.1) is 11.8 Å². The zero-order valence-electron chi connectivity index (χ0n) is 10.9. The maximum absolute atomic E-state index is 11.9. The smallest absolute Gasteiger partial charge is 0.261 e. The third-order valence-corrected chi connectivity index (χ3v) is 3.14. The van der Waals surface area contributed by atoms with Crippen LogP contribution in [0.1, 0.15) is 21.5 Å². The van der Waals surface area contributed by atoms with Gasteiger partial charge in [-0.2, -0.15) is 0 Å². The van der Waals surface area contributed by atoms with E-state index < -0.39 is 0 Å². The van der Waals surface area contributed by atoms with Gasteiger partial charge in [-0.1, -0.05) is 11.8 Å². The van der Waals surface area contributed by atoms with E-state index in [2.05, 4.69) is 17.2 Å². The first-order chi connectivity index (χ1) is 8.52. The average Bonchev–Trinajstić information content (AvgIpc) is 2.73. The van der Waals surface area contributed by atoms with E-state index in [9.17, 15) is 4.79 Å². The lowest BCUT2D eigenvalue weighted by atomic mass is 10.3. The lowest BCUT2D eigenvalue weighted by molar-refractivity contribution is 0.0938. The molecule has 98 valence electrons. The highest BCUT2D eigenvalue weighted by atomic mass is 32.1. The summed E-state index contributed by atoms with van der Waals surface area (Å²) in [5.74, 6) is 5.27. The molecule has 5 heteroatoms. The SMILES string of the molecule is CC(CN(C)C)NC(=O)c1ccc(C#CCO)s1. The fourth-order valence-corrected chi connectivity index (χ4v) is 2.33. The van der Waals surface area contributed by atoms with E-state index in [1.165, 1.54) is 11.3 Å². The first kappa shape index (κ1) is 14.7. The van der Waals surface area contributed by atoms with Crippen LogP contribution in [0.5, 0.6) is 0 Å². The normalized spacial score (nSPS) is 11.8. The number of nitrogens with one attached hydrogen (secondary N) is 1. The van der Waals surface area contributed by atoms with Crippen molar-refractivity contribution < 1.29 is 9.90 Å². The molecule has 0 spiro atoms. The summed E-state index contributed by atoms with van der Waals surface area (Å²) in [6, 6.07) is 3.64. The van der Waals surface area contributed by atoms with E-state index in [1.807, 2.05) is 25.9 Å². The van der Waals surface area contributed by atoms with Crippen LogP contribution in [0.3, 0.4) is 0 Å². The highest BCUT2D eigenvalue weighted by Gasteiger charge is 2.12. The van der Waals surface area contributed by atoms with Crippen LogP contribution in [0.25, 0.3) is 0 Å². The van der Waals surface area contributed by atoms with Crippen molar-refractivity contribution in [1.29, 1.82) is 0 Å². The van der Waals surface area contributed by atoms with Crippen LogP contribution in [-0.4, -0.2) is 49.2 Å². The Labute approximate surface area is 112 Å². The molecule has 0 aliphatic rings. The molecule has 4 nitrogen and oxygen atoms in total. The quantitative estimate of drug-likeness (QED) is 0.792. The summed E-state index contributed by atoms with van der Waals surface area (Å²) in [7, 11) is 3.94. The van der Waals surface area contributed by atoms with Gasteiger partial charge in [-0.05, 0) is 33.2 Å². The molecule has 1 unspecified atom stereocenters. The minimum absolute atomic E-state index is 0.0774. The van der Waals surface area contributed by atoms with Gasteiger partial charge in [0.25, 0.3) is 5.91 Å². The molecule has 0 aliphatic carbocycles. The standard InChI is InChI=1S/C13H18N2O2S/c1-10(9-15(2)3)14-13(17)12-7-6-11(18-12)5-4-8-16/h6-7,10,16H,8-9H2,1-3H3,(H,14,17). The number of carbonyl (C=O) groups excluding carboxylic acids is 1. The molecular weight excluding hydrogens is 248 g/mol. The molecule has 1 atom stereocenters. The molecule has 1 heterocycles. The Morgan fingerprint density at radius 3 is 2.89 bits per heavy atom. The largest absolute Gasteiger partial charge is 0.384 e. The van der Waals surface area contributed by atoms with Gasteiger partial charge in [0.1, 0.15) is 6.61 Å². The second-order valence-electron chi connectivity index (χ2n) is 4.26. The number of aliphatic hydroxyl groups is 1. The van der Waals surface area contributed by atoms with E-state index in [4.69, 9.17) is 5.11 Å². The molecule has 1 aromatic heterocycles. The van der Waals surface area contributed by atoms with E-state index in [-0.39, 0.29) is 18.6 Å². The molecule has 0 radical (unpaired) electrons. The molecular formula is C13H18N2O2S. The summed E-state index contributed by atoms with van der Waals surface area (Å²) in [6.07, 6.45) is 0. The van der Waals surface area contributed by atoms with Crippen LogP contribution < -0.4 is 5.32 Å². The van der Waals surface area contributed by atoms with Crippen molar-refractivity contribution in [3.05, 3.63) is 21.9 Å². The number of nitrogens with zero attached hydrogens (tertiary/aromatic N) is 1. The molecule has 0 bridgehead atoms. The molecule has 0 aliphatic heterocycles. The molecule has 1 rings (SSSR count). The molecule has 1 amide bonds. The monoisotopic (exact) mass is 266 g/mol. The van der Waals surface area contributed by atoms with Crippen LogP contribution in [0.15, 0.2) is 12.1 Å². The fourth-order valence-electron chi connectivity index (χ4n) is 1.54. The molecule has 0 saturated heterocycles. The Balaban J connectivity index is 2.59. The van der Waals surface area contributed by atoms with Crippen molar-refractivity contribution in [1.82, 2.24) is 10.2 Å². The minimum Gasteiger partial charge on any atom is -0.384 e. The van der Waals surface area contributed by atoms with Crippen molar-refractivity contribution >= 4 is 17.2 Å². The van der Waals surface area contributed by atoms with Gasteiger partial charge in [0.15, 0.2) is 0 Å². The minimum atomic E-state index is -0.167. The summed E-state index contributed by atoms with van der Waals surface area (Å²) in [6.45, 7) is 2.60. The summed E-state index contributed by atoms with van der Waals surface area (Å²) < 4.78 is 0. The van der Waals surface area contributed by atoms with Gasteiger partial charge in [0.05, 0.1) is 9.75 Å². The molecule has 0 fully saturated rings. The molecule has 0 saturated carbocycles. The average molecular weight is 266 g/mol. The lowest BCUT2D eigenvalue weighted by Gasteiger charge is -2.17. The maximum atomic E-state index is 11.9. The van der Waals surface area contributed by atoms with Crippen LogP contribution in [0.4, 0.5) is 0 Å². The second kappa shape index (κ2) is 7.17. The number of hydrogen-bond acceptors (Lipinski definition) is 4. The number of amides is 1. The number of rotatable bonds is 4. The van der Waals surface area contributed by atoms with Crippen molar-refractivity contribution in [2.45, 2.75) is 13.0 Å². The van der Waals surface area contributed by atoms with E-state index in [0.717, 1.165) is 11.4 Å². The van der Waals surface area contributed by atoms with Crippen LogP contribution in [-0.2, 0) is 0 Å². The van der Waals surface area contributed by atoms with E-state index >= 15 is 0 Å². The Bertz CT molecular complexity index is 457. The molecule has 18 heavy (non-hydrogen) atoms. The topological polar surface area (TPSA) is 52.6 Å². The van der Waals surface area contributed by atoms with Crippen molar-refractivity contribution in [2.24, 2.45) is 0 Å². The van der Waals surface area contributed by atoms with Crippen molar-refractivity contribution in [3.63, 3.8) is 0 Å². The van der Waals surface area contributed by atoms with Crippen LogP contribution in [0.2, 0.25) is 0 Å².